The van der Waals surface area contributed by atoms with Gasteiger partial charge in [0.2, 0.25) is 0 Å². The molecule has 0 atom stereocenters. The van der Waals surface area contributed by atoms with Crippen LogP contribution in [-0.2, 0) is 0 Å². The van der Waals surface area contributed by atoms with E-state index in [9.17, 15) is 0 Å². The summed E-state index contributed by atoms with van der Waals surface area (Å²) < 4.78 is 0. The van der Waals surface area contributed by atoms with Crippen LogP contribution < -0.4 is 0 Å². The molecule has 0 heterocycles. The van der Waals surface area contributed by atoms with E-state index in [2.05, 4.69) is 26.8 Å². The number of hydrogen-bond acceptors (Lipinski definition) is 1. The molecule has 1 rings (SSSR count). The Morgan fingerprint density at radius 1 is 1.40 bits per heavy atom. The third-order valence-corrected chi connectivity index (χ3v) is 2.08. The van der Waals surface area contributed by atoms with Gasteiger partial charge in [-0.2, -0.15) is 0 Å². The minimum absolute atomic E-state index is 0.413. The van der Waals surface area contributed by atoms with Gasteiger partial charge in [0.1, 0.15) is 0 Å². The third kappa shape index (κ3) is 1.91. The van der Waals surface area contributed by atoms with Gasteiger partial charge in [-0.15, -0.1) is 0 Å². The molecule has 0 amide bonds. The maximum atomic E-state index is 5.16. The van der Waals surface area contributed by atoms with Crippen LogP contribution in [0.15, 0.2) is 11.6 Å². The fourth-order valence-corrected chi connectivity index (χ4v) is 2.26. The largest absolute Gasteiger partial charge is 0.0849 e. The van der Waals surface area contributed by atoms with Gasteiger partial charge in [0, 0.05) is 4.86 Å². The molecule has 56 valence electrons. The zero-order valence-corrected chi connectivity index (χ0v) is 7.72. The summed E-state index contributed by atoms with van der Waals surface area (Å²) in [6, 6.07) is 0. The van der Waals surface area contributed by atoms with Crippen LogP contribution in [0.25, 0.3) is 0 Å². The summed E-state index contributed by atoms with van der Waals surface area (Å²) in [5, 5.41) is 0. The van der Waals surface area contributed by atoms with Crippen molar-refractivity contribution in [1.82, 2.24) is 0 Å². The molecule has 0 aliphatic heterocycles. The van der Waals surface area contributed by atoms with E-state index in [0.717, 1.165) is 11.3 Å². The van der Waals surface area contributed by atoms with Crippen molar-refractivity contribution in [1.29, 1.82) is 0 Å². The van der Waals surface area contributed by atoms with E-state index in [-0.39, 0.29) is 0 Å². The van der Waals surface area contributed by atoms with E-state index in [1.165, 1.54) is 12.0 Å². The highest BCUT2D eigenvalue weighted by Crippen LogP contribution is 2.33. The Kier molecular flexibility index (Phi) is 1.95. The van der Waals surface area contributed by atoms with E-state index in [4.69, 9.17) is 12.2 Å². The minimum atomic E-state index is 0.413. The summed E-state index contributed by atoms with van der Waals surface area (Å²) in [5.74, 6) is 0. The highest BCUT2D eigenvalue weighted by Gasteiger charge is 2.23. The molecule has 0 N–H and O–H groups in total. The van der Waals surface area contributed by atoms with Crippen molar-refractivity contribution < 1.29 is 0 Å². The predicted octanol–water partition coefficient (Wildman–Crippen LogP) is 3.12. The molecule has 1 aliphatic carbocycles. The van der Waals surface area contributed by atoms with Gasteiger partial charge in [0.25, 0.3) is 0 Å². The van der Waals surface area contributed by atoms with Crippen molar-refractivity contribution in [2.45, 2.75) is 33.6 Å². The quantitative estimate of drug-likeness (QED) is 0.483. The molecular weight excluding hydrogens is 140 g/mol. The second-order valence-corrected chi connectivity index (χ2v) is 4.50. The molecule has 0 unspecified atom stereocenters. The van der Waals surface area contributed by atoms with Gasteiger partial charge in [-0.05, 0) is 31.3 Å². The van der Waals surface area contributed by atoms with Gasteiger partial charge in [-0.3, -0.25) is 0 Å². The molecule has 0 radical (unpaired) electrons. The topological polar surface area (TPSA) is 0 Å². The van der Waals surface area contributed by atoms with E-state index in [1.54, 1.807) is 0 Å². The van der Waals surface area contributed by atoms with Gasteiger partial charge >= 0.3 is 0 Å². The maximum absolute atomic E-state index is 5.16. The second kappa shape index (κ2) is 2.46. The molecule has 0 aromatic carbocycles. The molecule has 0 bridgehead atoms. The Morgan fingerprint density at radius 3 is 2.40 bits per heavy atom. The lowest BCUT2D eigenvalue weighted by atomic mass is 9.78. The first-order valence-corrected chi connectivity index (χ1v) is 4.10. The first-order valence-electron chi connectivity index (χ1n) is 3.70. The van der Waals surface area contributed by atoms with Gasteiger partial charge in [-0.1, -0.05) is 31.6 Å². The number of thiocarbonyl (C=S) groups is 1. The minimum Gasteiger partial charge on any atom is -0.0849 e. The number of rotatable bonds is 0. The average molecular weight is 154 g/mol. The third-order valence-electron chi connectivity index (χ3n) is 1.82. The molecule has 1 aliphatic rings. The summed E-state index contributed by atoms with van der Waals surface area (Å²) >= 11 is 5.16. The van der Waals surface area contributed by atoms with Crippen molar-refractivity contribution in [3.05, 3.63) is 11.6 Å². The van der Waals surface area contributed by atoms with Crippen LogP contribution in [0.1, 0.15) is 33.6 Å². The Morgan fingerprint density at radius 2 is 2.00 bits per heavy atom. The summed E-state index contributed by atoms with van der Waals surface area (Å²) in [6.07, 6.45) is 4.42. The van der Waals surface area contributed by atoms with Gasteiger partial charge in [-0.25, -0.2) is 0 Å². The standard InChI is InChI=1S/C9H14S/c1-7-4-8(10)6-9(2,3)5-7/h4H,5-6H2,1-3H3. The lowest BCUT2D eigenvalue weighted by Crippen LogP contribution is -2.19. The van der Waals surface area contributed by atoms with Crippen LogP contribution in [0.5, 0.6) is 0 Å². The lowest BCUT2D eigenvalue weighted by Gasteiger charge is -2.28. The molecular formula is C9H14S. The predicted molar refractivity (Wildman–Crippen MR) is 49.4 cm³/mol. The molecule has 0 aromatic heterocycles. The lowest BCUT2D eigenvalue weighted by molar-refractivity contribution is 0.375. The van der Waals surface area contributed by atoms with E-state index < -0.39 is 0 Å². The summed E-state index contributed by atoms with van der Waals surface area (Å²) in [4.78, 5) is 1.12. The van der Waals surface area contributed by atoms with Crippen LogP contribution in [-0.4, -0.2) is 4.86 Å². The molecule has 0 spiro atoms. The van der Waals surface area contributed by atoms with Crippen molar-refractivity contribution in [3.63, 3.8) is 0 Å². The first kappa shape index (κ1) is 7.93. The Bertz CT molecular complexity index is 187. The van der Waals surface area contributed by atoms with Crippen LogP contribution in [0.4, 0.5) is 0 Å². The normalized spacial score (nSPS) is 24.3. The Hall–Kier alpha value is -0.170. The van der Waals surface area contributed by atoms with Crippen molar-refractivity contribution in [2.75, 3.05) is 0 Å². The first-order chi connectivity index (χ1) is 4.49. The maximum Gasteiger partial charge on any atom is 0.0157 e. The van der Waals surface area contributed by atoms with Crippen LogP contribution >= 0.6 is 12.2 Å². The number of allylic oxidation sites excluding steroid dienone is 2. The molecule has 0 fully saturated rings. The molecule has 10 heavy (non-hydrogen) atoms. The van der Waals surface area contributed by atoms with E-state index >= 15 is 0 Å². The average Bonchev–Trinajstić information content (AvgIpc) is 1.54. The molecule has 0 aromatic rings. The van der Waals surface area contributed by atoms with Gasteiger partial charge in [0.05, 0.1) is 0 Å². The molecule has 1 heteroatoms. The van der Waals surface area contributed by atoms with Crippen molar-refractivity contribution in [2.24, 2.45) is 5.41 Å². The summed E-state index contributed by atoms with van der Waals surface area (Å²) in [6.45, 7) is 6.71. The summed E-state index contributed by atoms with van der Waals surface area (Å²) in [5.41, 5.74) is 1.84. The monoisotopic (exact) mass is 154 g/mol. The fourth-order valence-electron chi connectivity index (χ4n) is 1.67. The SMILES string of the molecule is CC1=CC(=S)CC(C)(C)C1. The number of hydrogen-bond donors (Lipinski definition) is 0. The van der Waals surface area contributed by atoms with Crippen molar-refractivity contribution in [3.8, 4) is 0 Å². The Labute approximate surface area is 68.3 Å². The van der Waals surface area contributed by atoms with Crippen LogP contribution in [0.3, 0.4) is 0 Å². The van der Waals surface area contributed by atoms with E-state index in [0.29, 0.717) is 5.41 Å². The van der Waals surface area contributed by atoms with Gasteiger partial charge in [0.15, 0.2) is 0 Å². The molecule has 0 saturated heterocycles. The van der Waals surface area contributed by atoms with Crippen LogP contribution in [0.2, 0.25) is 0 Å². The van der Waals surface area contributed by atoms with Crippen molar-refractivity contribution >= 4 is 17.1 Å². The zero-order valence-electron chi connectivity index (χ0n) is 6.90. The zero-order chi connectivity index (χ0) is 7.78. The molecule has 0 nitrogen and oxygen atoms in total. The highest BCUT2D eigenvalue weighted by atomic mass is 32.1. The molecule has 0 saturated carbocycles. The Balaban J connectivity index is 2.80. The van der Waals surface area contributed by atoms with Gasteiger partial charge < -0.3 is 0 Å². The summed E-state index contributed by atoms with van der Waals surface area (Å²) in [7, 11) is 0. The highest BCUT2D eigenvalue weighted by molar-refractivity contribution is 7.80. The fraction of sp³-hybridized carbons (Fsp3) is 0.667. The smallest absolute Gasteiger partial charge is 0.0157 e. The van der Waals surface area contributed by atoms with Crippen LogP contribution in [0, 0.1) is 5.41 Å². The second-order valence-electron chi connectivity index (χ2n) is 3.97. The van der Waals surface area contributed by atoms with E-state index in [1.807, 2.05) is 0 Å².